The molecule has 6 heteroatoms. The van der Waals surface area contributed by atoms with Crippen LogP contribution < -0.4 is 10.6 Å². The van der Waals surface area contributed by atoms with Gasteiger partial charge in [-0.1, -0.05) is 40.9 Å². The molecular formula is C18H32N2O2S2. The van der Waals surface area contributed by atoms with Crippen LogP contribution in [0.15, 0.2) is 0 Å². The summed E-state index contributed by atoms with van der Waals surface area (Å²) in [5.74, 6) is 3.18. The molecule has 0 unspecified atom stereocenters. The summed E-state index contributed by atoms with van der Waals surface area (Å²) >= 11 is 0. The Balaban J connectivity index is 1.40. The van der Waals surface area contributed by atoms with Gasteiger partial charge in [-0.15, -0.1) is 0 Å². The molecule has 4 nitrogen and oxygen atoms in total. The van der Waals surface area contributed by atoms with Crippen molar-refractivity contribution in [1.82, 2.24) is 10.6 Å². The molecular weight excluding hydrogens is 340 g/mol. The Morgan fingerprint density at radius 3 is 2.46 bits per heavy atom. The number of hydrogen-bond acceptors (Lipinski definition) is 5. The summed E-state index contributed by atoms with van der Waals surface area (Å²) in [7, 11) is 3.63. The van der Waals surface area contributed by atoms with Gasteiger partial charge in [-0.3, -0.25) is 9.59 Å². The molecule has 0 spiro atoms. The Hall–Kier alpha value is -0.200. The second kappa shape index (κ2) is 12.2. The summed E-state index contributed by atoms with van der Waals surface area (Å²) in [5, 5.41) is 6.31. The zero-order chi connectivity index (χ0) is 17.0. The van der Waals surface area contributed by atoms with Gasteiger partial charge in [0.2, 0.25) is 5.91 Å². The van der Waals surface area contributed by atoms with Crippen molar-refractivity contribution < 1.29 is 9.59 Å². The van der Waals surface area contributed by atoms with Gasteiger partial charge in [-0.05, 0) is 38.6 Å². The first kappa shape index (κ1) is 20.1. The number of rotatable bonds is 10. The number of Topliss-reactive ketones (excluding diaryl/α,β-unsaturated/α-hetero) is 1. The molecule has 2 aliphatic rings. The standard InChI is InChI=1S/C18H32N2O2S2/c21-17(15-6-2-1-3-7-15)9-5-12-23-24-13-11-20-18(22)16-8-4-10-19-14-16/h15-16,19H,1-14H2,(H,20,22)/t16-/m0/s1. The van der Waals surface area contributed by atoms with E-state index in [1.807, 2.05) is 10.8 Å². The summed E-state index contributed by atoms with van der Waals surface area (Å²) in [6.07, 6.45) is 9.89. The van der Waals surface area contributed by atoms with Gasteiger partial charge >= 0.3 is 0 Å². The van der Waals surface area contributed by atoms with Gasteiger partial charge in [0.1, 0.15) is 5.78 Å². The van der Waals surface area contributed by atoms with Crippen LogP contribution in [0.4, 0.5) is 0 Å². The highest BCUT2D eigenvalue weighted by atomic mass is 33.1. The van der Waals surface area contributed by atoms with E-state index in [0.29, 0.717) is 11.7 Å². The fraction of sp³-hybridized carbons (Fsp3) is 0.889. The van der Waals surface area contributed by atoms with Crippen LogP contribution in [0.25, 0.3) is 0 Å². The second-order valence-corrected chi connectivity index (χ2v) is 9.59. The molecule has 24 heavy (non-hydrogen) atoms. The van der Waals surface area contributed by atoms with E-state index in [4.69, 9.17) is 0 Å². The Kier molecular flexibility index (Phi) is 10.2. The van der Waals surface area contributed by atoms with Crippen LogP contribution >= 0.6 is 21.6 Å². The quantitative estimate of drug-likeness (QED) is 0.455. The number of carbonyl (C=O) groups is 2. The summed E-state index contributed by atoms with van der Waals surface area (Å²) in [5.41, 5.74) is 0. The molecule has 0 aromatic rings. The summed E-state index contributed by atoms with van der Waals surface area (Å²) in [6.45, 7) is 2.61. The lowest BCUT2D eigenvalue weighted by Crippen LogP contribution is -2.41. The van der Waals surface area contributed by atoms with Crippen molar-refractivity contribution in [3.8, 4) is 0 Å². The molecule has 1 aliphatic carbocycles. The van der Waals surface area contributed by atoms with Gasteiger partial charge in [0.15, 0.2) is 0 Å². The smallest absolute Gasteiger partial charge is 0.224 e. The van der Waals surface area contributed by atoms with Crippen molar-refractivity contribution in [2.24, 2.45) is 11.8 Å². The minimum Gasteiger partial charge on any atom is -0.355 e. The number of amides is 1. The molecule has 1 aliphatic heterocycles. The number of carbonyl (C=O) groups excluding carboxylic acids is 2. The summed E-state index contributed by atoms with van der Waals surface area (Å²) in [4.78, 5) is 24.0. The third-order valence-corrected chi connectivity index (χ3v) is 7.44. The van der Waals surface area contributed by atoms with Crippen LogP contribution in [0.3, 0.4) is 0 Å². The van der Waals surface area contributed by atoms with E-state index in [2.05, 4.69) is 10.6 Å². The molecule has 2 rings (SSSR count). The normalized spacial score (nSPS) is 22.2. The average Bonchev–Trinajstić information content (AvgIpc) is 2.65. The topological polar surface area (TPSA) is 58.2 Å². The number of ketones is 1. The van der Waals surface area contributed by atoms with Gasteiger partial charge in [0, 0.05) is 36.9 Å². The molecule has 1 atom stereocenters. The van der Waals surface area contributed by atoms with Crippen molar-refractivity contribution in [3.63, 3.8) is 0 Å². The highest BCUT2D eigenvalue weighted by Crippen LogP contribution is 2.27. The first-order chi connectivity index (χ1) is 11.8. The van der Waals surface area contributed by atoms with Crippen LogP contribution in [0.1, 0.15) is 57.8 Å². The average molecular weight is 373 g/mol. The Morgan fingerprint density at radius 2 is 1.71 bits per heavy atom. The third kappa shape index (κ3) is 7.79. The van der Waals surface area contributed by atoms with Crippen LogP contribution in [0, 0.1) is 11.8 Å². The van der Waals surface area contributed by atoms with Crippen molar-refractivity contribution in [2.75, 3.05) is 31.1 Å². The van der Waals surface area contributed by atoms with E-state index >= 15 is 0 Å². The van der Waals surface area contributed by atoms with Gasteiger partial charge in [-0.25, -0.2) is 0 Å². The summed E-state index contributed by atoms with van der Waals surface area (Å²) < 4.78 is 0. The van der Waals surface area contributed by atoms with Gasteiger partial charge in [0.25, 0.3) is 0 Å². The maximum atomic E-state index is 12.1. The van der Waals surface area contributed by atoms with E-state index < -0.39 is 0 Å². The molecule has 1 saturated carbocycles. The van der Waals surface area contributed by atoms with Gasteiger partial charge in [0.05, 0.1) is 5.92 Å². The van der Waals surface area contributed by atoms with Crippen LogP contribution in [0.2, 0.25) is 0 Å². The van der Waals surface area contributed by atoms with E-state index in [0.717, 1.165) is 69.7 Å². The lowest BCUT2D eigenvalue weighted by molar-refractivity contribution is -0.125. The molecule has 0 bridgehead atoms. The molecule has 0 aromatic heterocycles. The third-order valence-electron chi connectivity index (χ3n) is 4.95. The lowest BCUT2D eigenvalue weighted by atomic mass is 9.85. The molecule has 138 valence electrons. The summed E-state index contributed by atoms with van der Waals surface area (Å²) in [6, 6.07) is 0. The maximum absolute atomic E-state index is 12.1. The molecule has 2 fully saturated rings. The molecule has 0 radical (unpaired) electrons. The zero-order valence-corrected chi connectivity index (χ0v) is 16.3. The predicted octanol–water partition coefficient (Wildman–Crippen LogP) is 3.41. The minimum absolute atomic E-state index is 0.155. The monoisotopic (exact) mass is 372 g/mol. The first-order valence-corrected chi connectivity index (χ1v) is 12.0. The fourth-order valence-electron chi connectivity index (χ4n) is 3.49. The van der Waals surface area contributed by atoms with Crippen LogP contribution in [-0.4, -0.2) is 42.8 Å². The highest BCUT2D eigenvalue weighted by molar-refractivity contribution is 8.76. The maximum Gasteiger partial charge on any atom is 0.224 e. The van der Waals surface area contributed by atoms with Crippen LogP contribution in [-0.2, 0) is 9.59 Å². The lowest BCUT2D eigenvalue weighted by Gasteiger charge is -2.21. The molecule has 1 saturated heterocycles. The van der Waals surface area contributed by atoms with E-state index in [1.54, 1.807) is 10.8 Å². The Bertz CT molecular complexity index is 345. The minimum atomic E-state index is 0.155. The Labute approximate surface area is 154 Å². The first-order valence-electron chi connectivity index (χ1n) is 9.53. The van der Waals surface area contributed by atoms with Gasteiger partial charge in [-0.2, -0.15) is 0 Å². The zero-order valence-electron chi connectivity index (χ0n) is 14.7. The van der Waals surface area contributed by atoms with E-state index in [-0.39, 0.29) is 11.8 Å². The highest BCUT2D eigenvalue weighted by Gasteiger charge is 2.21. The largest absolute Gasteiger partial charge is 0.355 e. The number of piperidine rings is 1. The van der Waals surface area contributed by atoms with Crippen molar-refractivity contribution in [2.45, 2.75) is 57.8 Å². The van der Waals surface area contributed by atoms with Crippen LogP contribution in [0.5, 0.6) is 0 Å². The molecule has 1 amide bonds. The molecule has 2 N–H and O–H groups in total. The van der Waals surface area contributed by atoms with Gasteiger partial charge < -0.3 is 10.6 Å². The fourth-order valence-corrected chi connectivity index (χ4v) is 5.48. The number of hydrogen-bond donors (Lipinski definition) is 2. The Morgan fingerprint density at radius 1 is 0.958 bits per heavy atom. The van der Waals surface area contributed by atoms with Crippen molar-refractivity contribution >= 4 is 33.3 Å². The van der Waals surface area contributed by atoms with Crippen molar-refractivity contribution in [3.05, 3.63) is 0 Å². The van der Waals surface area contributed by atoms with E-state index in [9.17, 15) is 9.59 Å². The number of nitrogens with one attached hydrogen (secondary N) is 2. The molecule has 1 heterocycles. The van der Waals surface area contributed by atoms with E-state index in [1.165, 1.54) is 19.3 Å². The SMILES string of the molecule is O=C(CCCSSCCNC(=O)[C@H]1CCCNC1)C1CCCCC1. The predicted molar refractivity (Wildman–Crippen MR) is 104 cm³/mol. The molecule has 0 aromatic carbocycles. The second-order valence-electron chi connectivity index (χ2n) is 6.88. The van der Waals surface area contributed by atoms with Crippen molar-refractivity contribution in [1.29, 1.82) is 0 Å².